The van der Waals surface area contributed by atoms with Crippen molar-refractivity contribution in [2.45, 2.75) is 6.10 Å². The molecule has 0 saturated carbocycles. The zero-order chi connectivity index (χ0) is 9.42. The number of thiophene rings is 1. The van der Waals surface area contributed by atoms with Crippen LogP contribution in [-0.2, 0) is 0 Å². The molecule has 1 saturated heterocycles. The number of carbonyl (C=O) groups is 1. The van der Waals surface area contributed by atoms with Gasteiger partial charge in [0.25, 0.3) is 5.91 Å². The topological polar surface area (TPSA) is 40.5 Å². The smallest absolute Gasteiger partial charge is 0.265 e. The van der Waals surface area contributed by atoms with E-state index >= 15 is 0 Å². The van der Waals surface area contributed by atoms with E-state index in [1.807, 2.05) is 0 Å². The van der Waals surface area contributed by atoms with Crippen molar-refractivity contribution >= 4 is 28.8 Å². The number of aliphatic hydroxyl groups excluding tert-OH is 1. The van der Waals surface area contributed by atoms with Crippen molar-refractivity contribution in [3.63, 3.8) is 0 Å². The van der Waals surface area contributed by atoms with Gasteiger partial charge in [0.1, 0.15) is 4.88 Å². The van der Waals surface area contributed by atoms with Crippen LogP contribution >= 0.6 is 22.9 Å². The van der Waals surface area contributed by atoms with Gasteiger partial charge in [0.15, 0.2) is 0 Å². The van der Waals surface area contributed by atoms with E-state index < -0.39 is 0 Å². The van der Waals surface area contributed by atoms with Crippen LogP contribution in [0.4, 0.5) is 0 Å². The van der Waals surface area contributed by atoms with Crippen molar-refractivity contribution in [1.82, 2.24) is 4.90 Å². The minimum absolute atomic E-state index is 0.0784. The van der Waals surface area contributed by atoms with Gasteiger partial charge in [-0.25, -0.2) is 0 Å². The molecule has 1 fully saturated rings. The standard InChI is InChI=1S/C8H8ClNO2S/c9-6-1-2-13-7(6)8(12)10-3-5(11)4-10/h1-2,5,11H,3-4H2. The van der Waals surface area contributed by atoms with Crippen LogP contribution in [0.25, 0.3) is 0 Å². The summed E-state index contributed by atoms with van der Waals surface area (Å²) in [5.41, 5.74) is 0. The lowest BCUT2D eigenvalue weighted by atomic mass is 10.1. The van der Waals surface area contributed by atoms with Crippen LogP contribution < -0.4 is 0 Å². The fraction of sp³-hybridized carbons (Fsp3) is 0.375. The molecular formula is C8H8ClNO2S. The Bertz CT molecular complexity index is 333. The van der Waals surface area contributed by atoms with Gasteiger partial charge in [0.05, 0.1) is 11.1 Å². The van der Waals surface area contributed by atoms with E-state index in [0.717, 1.165) is 0 Å². The van der Waals surface area contributed by atoms with E-state index in [-0.39, 0.29) is 12.0 Å². The molecule has 0 aliphatic carbocycles. The van der Waals surface area contributed by atoms with Gasteiger partial charge in [-0.05, 0) is 11.4 Å². The predicted molar refractivity (Wildman–Crippen MR) is 51.2 cm³/mol. The zero-order valence-corrected chi connectivity index (χ0v) is 8.31. The van der Waals surface area contributed by atoms with Crippen LogP contribution in [0.3, 0.4) is 0 Å². The summed E-state index contributed by atoms with van der Waals surface area (Å²) in [5, 5.41) is 11.3. The SMILES string of the molecule is O=C(c1sccc1Cl)N1CC(O)C1. The molecule has 13 heavy (non-hydrogen) atoms. The Kier molecular flexibility index (Phi) is 2.27. The van der Waals surface area contributed by atoms with Gasteiger partial charge in [-0.1, -0.05) is 11.6 Å². The first-order valence-corrected chi connectivity index (χ1v) is 5.14. The lowest BCUT2D eigenvalue weighted by Gasteiger charge is -2.35. The molecule has 0 unspecified atom stereocenters. The van der Waals surface area contributed by atoms with E-state index in [2.05, 4.69) is 0 Å². The van der Waals surface area contributed by atoms with Gasteiger partial charge in [-0.3, -0.25) is 4.79 Å². The molecule has 1 amide bonds. The molecule has 1 aliphatic rings. The number of rotatable bonds is 1. The van der Waals surface area contributed by atoms with Gasteiger partial charge < -0.3 is 10.0 Å². The Balaban J connectivity index is 2.10. The number of hydrogen-bond donors (Lipinski definition) is 1. The summed E-state index contributed by atoms with van der Waals surface area (Å²) in [4.78, 5) is 13.7. The molecule has 5 heteroatoms. The average Bonchev–Trinajstić information content (AvgIpc) is 2.44. The highest BCUT2D eigenvalue weighted by Crippen LogP contribution is 2.25. The minimum atomic E-state index is -0.359. The Morgan fingerprint density at radius 1 is 1.69 bits per heavy atom. The quantitative estimate of drug-likeness (QED) is 0.769. The van der Waals surface area contributed by atoms with Crippen LogP contribution in [0, 0.1) is 0 Å². The summed E-state index contributed by atoms with van der Waals surface area (Å²) in [5.74, 6) is -0.0784. The summed E-state index contributed by atoms with van der Waals surface area (Å²) in [6, 6.07) is 1.70. The van der Waals surface area contributed by atoms with E-state index in [9.17, 15) is 4.79 Å². The number of aliphatic hydroxyl groups is 1. The van der Waals surface area contributed by atoms with Crippen LogP contribution in [0.2, 0.25) is 5.02 Å². The highest BCUT2D eigenvalue weighted by atomic mass is 35.5. The number of carbonyl (C=O) groups excluding carboxylic acids is 1. The second-order valence-corrected chi connectivity index (χ2v) is 4.28. The fourth-order valence-corrected chi connectivity index (χ4v) is 2.31. The van der Waals surface area contributed by atoms with E-state index in [4.69, 9.17) is 16.7 Å². The Hall–Kier alpha value is -0.580. The zero-order valence-electron chi connectivity index (χ0n) is 6.74. The maximum atomic E-state index is 11.6. The summed E-state index contributed by atoms with van der Waals surface area (Å²) < 4.78 is 0. The molecule has 1 aliphatic heterocycles. The first-order valence-electron chi connectivity index (χ1n) is 3.89. The van der Waals surface area contributed by atoms with Crippen molar-refractivity contribution < 1.29 is 9.90 Å². The van der Waals surface area contributed by atoms with E-state index in [1.54, 1.807) is 16.3 Å². The van der Waals surface area contributed by atoms with Gasteiger partial charge in [-0.2, -0.15) is 0 Å². The molecule has 2 heterocycles. The number of likely N-dealkylation sites (tertiary alicyclic amines) is 1. The van der Waals surface area contributed by atoms with Crippen molar-refractivity contribution in [2.75, 3.05) is 13.1 Å². The Morgan fingerprint density at radius 2 is 2.38 bits per heavy atom. The van der Waals surface area contributed by atoms with Gasteiger partial charge in [0, 0.05) is 13.1 Å². The number of halogens is 1. The van der Waals surface area contributed by atoms with Crippen LogP contribution in [-0.4, -0.2) is 35.1 Å². The summed E-state index contributed by atoms with van der Waals surface area (Å²) in [7, 11) is 0. The van der Waals surface area contributed by atoms with Crippen LogP contribution in [0.15, 0.2) is 11.4 Å². The molecule has 0 spiro atoms. The molecule has 1 aromatic heterocycles. The van der Waals surface area contributed by atoms with E-state index in [1.165, 1.54) is 11.3 Å². The second kappa shape index (κ2) is 3.29. The summed E-state index contributed by atoms with van der Waals surface area (Å²) in [6.45, 7) is 0.847. The highest BCUT2D eigenvalue weighted by Gasteiger charge is 2.30. The monoisotopic (exact) mass is 217 g/mol. The number of hydrogen-bond acceptors (Lipinski definition) is 3. The number of nitrogens with zero attached hydrogens (tertiary/aromatic N) is 1. The number of β-amino-alcohol motifs (C(OH)–C–C–N with tert-alkyl or cyclic N) is 1. The Morgan fingerprint density at radius 3 is 2.85 bits per heavy atom. The van der Waals surface area contributed by atoms with Crippen LogP contribution in [0.1, 0.15) is 9.67 Å². The lowest BCUT2D eigenvalue weighted by molar-refractivity contribution is 0.00624. The largest absolute Gasteiger partial charge is 0.389 e. The van der Waals surface area contributed by atoms with Crippen molar-refractivity contribution in [3.8, 4) is 0 Å². The van der Waals surface area contributed by atoms with Gasteiger partial charge in [-0.15, -0.1) is 11.3 Å². The normalized spacial score (nSPS) is 17.2. The minimum Gasteiger partial charge on any atom is -0.389 e. The molecule has 70 valence electrons. The van der Waals surface area contributed by atoms with E-state index in [0.29, 0.717) is 23.0 Å². The van der Waals surface area contributed by atoms with Crippen molar-refractivity contribution in [3.05, 3.63) is 21.3 Å². The molecule has 0 aromatic carbocycles. The molecule has 0 atom stereocenters. The highest BCUT2D eigenvalue weighted by molar-refractivity contribution is 7.12. The van der Waals surface area contributed by atoms with Crippen molar-refractivity contribution in [2.24, 2.45) is 0 Å². The first-order chi connectivity index (χ1) is 6.18. The fourth-order valence-electron chi connectivity index (χ4n) is 1.21. The van der Waals surface area contributed by atoms with Crippen LogP contribution in [0.5, 0.6) is 0 Å². The molecule has 3 nitrogen and oxygen atoms in total. The third-order valence-corrected chi connectivity index (χ3v) is 3.29. The predicted octanol–water partition coefficient (Wildman–Crippen LogP) is 1.22. The van der Waals surface area contributed by atoms with Gasteiger partial charge >= 0.3 is 0 Å². The maximum Gasteiger partial charge on any atom is 0.265 e. The third-order valence-electron chi connectivity index (χ3n) is 1.96. The Labute approximate surface area is 84.5 Å². The third kappa shape index (κ3) is 1.57. The maximum absolute atomic E-state index is 11.6. The molecular weight excluding hydrogens is 210 g/mol. The lowest BCUT2D eigenvalue weighted by Crippen LogP contribution is -2.53. The molecule has 0 radical (unpaired) electrons. The number of amides is 1. The molecule has 0 bridgehead atoms. The summed E-state index contributed by atoms with van der Waals surface area (Å²) in [6.07, 6.45) is -0.359. The average molecular weight is 218 g/mol. The summed E-state index contributed by atoms with van der Waals surface area (Å²) >= 11 is 7.13. The first kappa shape index (κ1) is 8.99. The van der Waals surface area contributed by atoms with Crippen molar-refractivity contribution in [1.29, 1.82) is 0 Å². The molecule has 1 aromatic rings. The molecule has 2 rings (SSSR count). The molecule has 1 N–H and O–H groups in total. The van der Waals surface area contributed by atoms with Gasteiger partial charge in [0.2, 0.25) is 0 Å². The second-order valence-electron chi connectivity index (χ2n) is 2.96.